The minimum Gasteiger partial charge on any atom is -0.342 e. The van der Waals surface area contributed by atoms with Crippen molar-refractivity contribution in [3.8, 4) is 0 Å². The van der Waals surface area contributed by atoms with E-state index in [1.54, 1.807) is 0 Å². The minimum atomic E-state index is 0.303. The maximum absolute atomic E-state index is 12.4. The number of piperidine rings is 2. The maximum Gasteiger partial charge on any atom is 0.222 e. The molecule has 1 spiro atoms. The Balaban J connectivity index is 1.59. The standard InChI is InChI=1S/C20H29N3O/c1-2-3-13-22-14-6-10-20(16-22)11-8-19(24)23(17-20)15-9-18-7-4-5-12-21-18/h2,4-5,7,12H,1,3,6,8-11,13-17H2/t20-/m1/s1. The molecule has 2 fully saturated rings. The van der Waals surface area contributed by atoms with Crippen molar-refractivity contribution in [1.29, 1.82) is 0 Å². The Hall–Kier alpha value is -1.68. The first-order valence-electron chi connectivity index (χ1n) is 9.22. The van der Waals surface area contributed by atoms with Gasteiger partial charge in [0.2, 0.25) is 5.91 Å². The number of carbonyl (C=O) groups excluding carboxylic acids is 1. The van der Waals surface area contributed by atoms with E-state index in [0.717, 1.165) is 51.1 Å². The van der Waals surface area contributed by atoms with Gasteiger partial charge in [0.05, 0.1) is 0 Å². The lowest BCUT2D eigenvalue weighted by Gasteiger charge is -2.48. The summed E-state index contributed by atoms with van der Waals surface area (Å²) in [6, 6.07) is 5.99. The average molecular weight is 327 g/mol. The molecule has 0 aromatic carbocycles. The topological polar surface area (TPSA) is 36.4 Å². The highest BCUT2D eigenvalue weighted by Crippen LogP contribution is 2.38. The van der Waals surface area contributed by atoms with Crippen molar-refractivity contribution in [2.75, 3.05) is 32.7 Å². The first-order valence-corrected chi connectivity index (χ1v) is 9.22. The fourth-order valence-electron chi connectivity index (χ4n) is 4.21. The van der Waals surface area contributed by atoms with Crippen LogP contribution in [-0.2, 0) is 11.2 Å². The van der Waals surface area contributed by atoms with Crippen molar-refractivity contribution in [2.45, 2.75) is 38.5 Å². The van der Waals surface area contributed by atoms with Gasteiger partial charge in [0.15, 0.2) is 0 Å². The molecule has 2 aliphatic heterocycles. The van der Waals surface area contributed by atoms with Crippen molar-refractivity contribution in [2.24, 2.45) is 5.41 Å². The molecule has 0 unspecified atom stereocenters. The van der Waals surface area contributed by atoms with E-state index < -0.39 is 0 Å². The number of pyridine rings is 1. The van der Waals surface area contributed by atoms with E-state index in [0.29, 0.717) is 17.7 Å². The molecular weight excluding hydrogens is 298 g/mol. The second-order valence-electron chi connectivity index (χ2n) is 7.34. The molecule has 4 heteroatoms. The molecule has 2 saturated heterocycles. The minimum absolute atomic E-state index is 0.303. The van der Waals surface area contributed by atoms with E-state index >= 15 is 0 Å². The smallest absolute Gasteiger partial charge is 0.222 e. The lowest BCUT2D eigenvalue weighted by atomic mass is 9.73. The molecule has 0 bridgehead atoms. The molecular formula is C20H29N3O. The Morgan fingerprint density at radius 1 is 1.25 bits per heavy atom. The van der Waals surface area contributed by atoms with Crippen LogP contribution in [0.1, 0.15) is 37.8 Å². The van der Waals surface area contributed by atoms with E-state index in [9.17, 15) is 4.79 Å². The van der Waals surface area contributed by atoms with E-state index in [1.807, 2.05) is 30.5 Å². The predicted molar refractivity (Wildman–Crippen MR) is 96.7 cm³/mol. The summed E-state index contributed by atoms with van der Waals surface area (Å²) in [6.07, 6.45) is 10.00. The number of amides is 1. The Morgan fingerprint density at radius 3 is 2.96 bits per heavy atom. The van der Waals surface area contributed by atoms with Gasteiger partial charge in [-0.3, -0.25) is 9.78 Å². The summed E-state index contributed by atoms with van der Waals surface area (Å²) >= 11 is 0. The van der Waals surface area contributed by atoms with Crippen LogP contribution in [0, 0.1) is 5.41 Å². The summed E-state index contributed by atoms with van der Waals surface area (Å²) in [5, 5.41) is 0. The quantitative estimate of drug-likeness (QED) is 0.754. The summed E-state index contributed by atoms with van der Waals surface area (Å²) < 4.78 is 0. The van der Waals surface area contributed by atoms with Crippen LogP contribution in [0.2, 0.25) is 0 Å². The fraction of sp³-hybridized carbons (Fsp3) is 0.600. The molecule has 1 aromatic rings. The molecule has 1 amide bonds. The number of hydrogen-bond donors (Lipinski definition) is 0. The van der Waals surface area contributed by atoms with Gasteiger partial charge in [0, 0.05) is 56.3 Å². The van der Waals surface area contributed by atoms with Gasteiger partial charge in [-0.15, -0.1) is 6.58 Å². The SMILES string of the molecule is C=CCCN1CCC[C@@]2(CCC(=O)N(CCc3ccccn3)C2)C1. The third kappa shape index (κ3) is 4.23. The van der Waals surface area contributed by atoms with Crippen LogP contribution in [-0.4, -0.2) is 53.4 Å². The van der Waals surface area contributed by atoms with Crippen LogP contribution in [0.25, 0.3) is 0 Å². The number of hydrogen-bond acceptors (Lipinski definition) is 3. The van der Waals surface area contributed by atoms with Gasteiger partial charge in [0.25, 0.3) is 0 Å². The van der Waals surface area contributed by atoms with Crippen LogP contribution in [0.5, 0.6) is 0 Å². The van der Waals surface area contributed by atoms with E-state index in [2.05, 4.69) is 21.4 Å². The van der Waals surface area contributed by atoms with Crippen molar-refractivity contribution >= 4 is 5.91 Å². The van der Waals surface area contributed by atoms with Crippen molar-refractivity contribution in [1.82, 2.24) is 14.8 Å². The predicted octanol–water partition coefficient (Wildman–Crippen LogP) is 2.90. The molecule has 4 nitrogen and oxygen atoms in total. The zero-order valence-corrected chi connectivity index (χ0v) is 14.6. The third-order valence-corrected chi connectivity index (χ3v) is 5.50. The molecule has 0 aliphatic carbocycles. The van der Waals surface area contributed by atoms with Crippen LogP contribution < -0.4 is 0 Å². The second kappa shape index (κ2) is 7.93. The Morgan fingerprint density at radius 2 is 2.17 bits per heavy atom. The number of rotatable bonds is 6. The molecule has 0 radical (unpaired) electrons. The van der Waals surface area contributed by atoms with Crippen molar-refractivity contribution in [3.05, 3.63) is 42.7 Å². The van der Waals surface area contributed by atoms with Crippen molar-refractivity contribution in [3.63, 3.8) is 0 Å². The molecule has 130 valence electrons. The van der Waals surface area contributed by atoms with Gasteiger partial charge < -0.3 is 9.80 Å². The molecule has 3 heterocycles. The van der Waals surface area contributed by atoms with Gasteiger partial charge in [-0.05, 0) is 44.4 Å². The first-order chi connectivity index (χ1) is 11.7. The normalized spacial score (nSPS) is 25.2. The highest BCUT2D eigenvalue weighted by Gasteiger charge is 2.41. The average Bonchev–Trinajstić information content (AvgIpc) is 2.62. The first kappa shape index (κ1) is 17.2. The van der Waals surface area contributed by atoms with Gasteiger partial charge in [-0.25, -0.2) is 0 Å². The lowest BCUT2D eigenvalue weighted by Crippen LogP contribution is -2.54. The number of aromatic nitrogens is 1. The molecule has 0 N–H and O–H groups in total. The third-order valence-electron chi connectivity index (χ3n) is 5.50. The van der Waals surface area contributed by atoms with E-state index in [4.69, 9.17) is 0 Å². The van der Waals surface area contributed by atoms with E-state index in [1.165, 1.54) is 19.4 Å². The molecule has 0 saturated carbocycles. The van der Waals surface area contributed by atoms with Crippen molar-refractivity contribution < 1.29 is 4.79 Å². The Labute approximate surface area is 145 Å². The second-order valence-corrected chi connectivity index (χ2v) is 7.34. The van der Waals surface area contributed by atoms with Gasteiger partial charge in [0.1, 0.15) is 0 Å². The molecule has 2 aliphatic rings. The summed E-state index contributed by atoms with van der Waals surface area (Å²) in [5.41, 5.74) is 1.37. The lowest BCUT2D eigenvalue weighted by molar-refractivity contribution is -0.139. The number of nitrogens with zero attached hydrogens (tertiary/aromatic N) is 3. The van der Waals surface area contributed by atoms with Crippen LogP contribution in [0.15, 0.2) is 37.1 Å². The van der Waals surface area contributed by atoms with Gasteiger partial charge in [-0.1, -0.05) is 12.1 Å². The summed E-state index contributed by atoms with van der Waals surface area (Å²) in [6.45, 7) is 8.98. The summed E-state index contributed by atoms with van der Waals surface area (Å²) in [7, 11) is 0. The molecule has 1 aromatic heterocycles. The fourth-order valence-corrected chi connectivity index (χ4v) is 4.21. The summed E-state index contributed by atoms with van der Waals surface area (Å²) in [5.74, 6) is 0.319. The van der Waals surface area contributed by atoms with E-state index in [-0.39, 0.29) is 0 Å². The summed E-state index contributed by atoms with van der Waals surface area (Å²) in [4.78, 5) is 21.4. The van der Waals surface area contributed by atoms with Crippen LogP contribution in [0.4, 0.5) is 0 Å². The monoisotopic (exact) mass is 327 g/mol. The maximum atomic E-state index is 12.4. The number of likely N-dealkylation sites (tertiary alicyclic amines) is 2. The molecule has 3 rings (SSSR count). The highest BCUT2D eigenvalue weighted by molar-refractivity contribution is 5.77. The van der Waals surface area contributed by atoms with Crippen LogP contribution >= 0.6 is 0 Å². The van der Waals surface area contributed by atoms with Crippen LogP contribution in [0.3, 0.4) is 0 Å². The Kier molecular flexibility index (Phi) is 5.67. The largest absolute Gasteiger partial charge is 0.342 e. The molecule has 24 heavy (non-hydrogen) atoms. The zero-order chi connectivity index (χ0) is 16.8. The Bertz CT molecular complexity index is 559. The van der Waals surface area contributed by atoms with Gasteiger partial charge >= 0.3 is 0 Å². The molecule has 1 atom stereocenters. The zero-order valence-electron chi connectivity index (χ0n) is 14.6. The van der Waals surface area contributed by atoms with Gasteiger partial charge in [-0.2, -0.15) is 0 Å². The number of carbonyl (C=O) groups is 1. The highest BCUT2D eigenvalue weighted by atomic mass is 16.2.